The molecule has 84 valence electrons. The minimum absolute atomic E-state index is 0.753. The highest BCUT2D eigenvalue weighted by Gasteiger charge is 2.05. The van der Waals surface area contributed by atoms with Crippen LogP contribution in [-0.2, 0) is 6.42 Å². The first-order valence-electron chi connectivity index (χ1n) is 5.45. The SMILES string of the molecule is CCCCc1ccc2ncc(Br)c(Cl)c2c1. The van der Waals surface area contributed by atoms with Crippen LogP contribution in [0.25, 0.3) is 10.9 Å². The average molecular weight is 299 g/mol. The summed E-state index contributed by atoms with van der Waals surface area (Å²) in [5, 5.41) is 1.79. The van der Waals surface area contributed by atoms with Gasteiger partial charge < -0.3 is 0 Å². The Morgan fingerprint density at radius 2 is 2.19 bits per heavy atom. The Morgan fingerprint density at radius 1 is 1.38 bits per heavy atom. The van der Waals surface area contributed by atoms with Crippen LogP contribution in [0.1, 0.15) is 25.3 Å². The Bertz CT molecular complexity index is 511. The molecule has 0 aliphatic carbocycles. The summed E-state index contributed by atoms with van der Waals surface area (Å²) in [5.74, 6) is 0. The van der Waals surface area contributed by atoms with Gasteiger partial charge >= 0.3 is 0 Å². The molecule has 0 aliphatic rings. The second kappa shape index (κ2) is 5.15. The molecule has 0 spiro atoms. The fourth-order valence-corrected chi connectivity index (χ4v) is 2.24. The molecule has 0 radical (unpaired) electrons. The molecule has 2 aromatic rings. The number of benzene rings is 1. The van der Waals surface area contributed by atoms with Gasteiger partial charge in [-0.15, -0.1) is 0 Å². The number of rotatable bonds is 3. The van der Waals surface area contributed by atoms with E-state index in [2.05, 4.69) is 40.0 Å². The zero-order chi connectivity index (χ0) is 11.5. The van der Waals surface area contributed by atoms with E-state index in [1.54, 1.807) is 6.20 Å². The van der Waals surface area contributed by atoms with Gasteiger partial charge in [0.25, 0.3) is 0 Å². The van der Waals surface area contributed by atoms with Crippen LogP contribution in [0.15, 0.2) is 28.9 Å². The van der Waals surface area contributed by atoms with E-state index in [9.17, 15) is 0 Å². The number of aryl methyl sites for hydroxylation is 1. The van der Waals surface area contributed by atoms with Crippen molar-refractivity contribution in [3.8, 4) is 0 Å². The molecule has 0 bridgehead atoms. The summed E-state index contributed by atoms with van der Waals surface area (Å²) < 4.78 is 0.856. The van der Waals surface area contributed by atoms with Crippen LogP contribution in [0, 0.1) is 0 Å². The van der Waals surface area contributed by atoms with E-state index >= 15 is 0 Å². The second-order valence-electron chi connectivity index (χ2n) is 3.88. The van der Waals surface area contributed by atoms with E-state index < -0.39 is 0 Å². The Labute approximate surface area is 109 Å². The predicted molar refractivity (Wildman–Crippen MR) is 73.1 cm³/mol. The summed E-state index contributed by atoms with van der Waals surface area (Å²) in [6, 6.07) is 6.32. The zero-order valence-corrected chi connectivity index (χ0v) is 11.5. The highest BCUT2D eigenvalue weighted by molar-refractivity contribution is 9.10. The Kier molecular flexibility index (Phi) is 3.82. The molecular formula is C13H13BrClN. The van der Waals surface area contributed by atoms with Crippen molar-refractivity contribution in [2.75, 3.05) is 0 Å². The topological polar surface area (TPSA) is 12.9 Å². The number of nitrogens with zero attached hydrogens (tertiary/aromatic N) is 1. The van der Waals surface area contributed by atoms with Gasteiger partial charge in [0.05, 0.1) is 15.0 Å². The van der Waals surface area contributed by atoms with Crippen LogP contribution in [-0.4, -0.2) is 4.98 Å². The maximum atomic E-state index is 6.25. The number of aromatic nitrogens is 1. The van der Waals surface area contributed by atoms with Crippen LogP contribution in [0.4, 0.5) is 0 Å². The van der Waals surface area contributed by atoms with E-state index in [4.69, 9.17) is 11.6 Å². The lowest BCUT2D eigenvalue weighted by Gasteiger charge is -2.05. The first kappa shape index (κ1) is 11.9. The van der Waals surface area contributed by atoms with Gasteiger partial charge in [0, 0.05) is 11.6 Å². The Morgan fingerprint density at radius 3 is 2.94 bits per heavy atom. The summed E-state index contributed by atoms with van der Waals surface area (Å²) in [6.45, 7) is 2.20. The van der Waals surface area contributed by atoms with Gasteiger partial charge in [-0.25, -0.2) is 0 Å². The molecule has 2 rings (SSSR count). The molecule has 1 nitrogen and oxygen atoms in total. The lowest BCUT2D eigenvalue weighted by atomic mass is 10.1. The Balaban J connectivity index is 2.47. The lowest BCUT2D eigenvalue weighted by Crippen LogP contribution is -1.87. The smallest absolute Gasteiger partial charge is 0.0718 e. The minimum atomic E-state index is 0.753. The van der Waals surface area contributed by atoms with Crippen molar-refractivity contribution in [2.45, 2.75) is 26.2 Å². The molecule has 0 atom stereocenters. The molecule has 1 aromatic heterocycles. The normalized spacial score (nSPS) is 10.9. The molecular weight excluding hydrogens is 286 g/mol. The molecule has 0 amide bonds. The van der Waals surface area contributed by atoms with Crippen LogP contribution in [0.2, 0.25) is 5.02 Å². The second-order valence-corrected chi connectivity index (χ2v) is 5.11. The van der Waals surface area contributed by atoms with E-state index in [0.717, 1.165) is 26.8 Å². The fourth-order valence-electron chi connectivity index (χ4n) is 1.72. The maximum absolute atomic E-state index is 6.25. The van der Waals surface area contributed by atoms with Crippen molar-refractivity contribution >= 4 is 38.4 Å². The quantitative estimate of drug-likeness (QED) is 0.777. The third kappa shape index (κ3) is 2.38. The van der Waals surface area contributed by atoms with Crippen LogP contribution < -0.4 is 0 Å². The van der Waals surface area contributed by atoms with Gasteiger partial charge in [-0.3, -0.25) is 4.98 Å². The Hall–Kier alpha value is -0.600. The number of hydrogen-bond acceptors (Lipinski definition) is 1. The lowest BCUT2D eigenvalue weighted by molar-refractivity contribution is 0.796. The van der Waals surface area contributed by atoms with Gasteiger partial charge in [0.15, 0.2) is 0 Å². The summed E-state index contributed by atoms with van der Waals surface area (Å²) in [6.07, 6.45) is 5.28. The van der Waals surface area contributed by atoms with Crippen LogP contribution in [0.3, 0.4) is 0 Å². The largest absolute Gasteiger partial charge is 0.255 e. The first-order valence-corrected chi connectivity index (χ1v) is 6.62. The molecule has 1 heterocycles. The van der Waals surface area contributed by atoms with Gasteiger partial charge in [0.2, 0.25) is 0 Å². The van der Waals surface area contributed by atoms with Gasteiger partial charge in [-0.1, -0.05) is 31.0 Å². The van der Waals surface area contributed by atoms with Crippen molar-refractivity contribution in [1.29, 1.82) is 0 Å². The van der Waals surface area contributed by atoms with Gasteiger partial charge in [-0.2, -0.15) is 0 Å². The fraction of sp³-hybridized carbons (Fsp3) is 0.308. The summed E-state index contributed by atoms with van der Waals surface area (Å²) >= 11 is 9.64. The van der Waals surface area contributed by atoms with E-state index in [1.807, 2.05) is 6.07 Å². The number of hydrogen-bond donors (Lipinski definition) is 0. The third-order valence-electron chi connectivity index (χ3n) is 2.64. The average Bonchev–Trinajstić information content (AvgIpc) is 2.31. The summed E-state index contributed by atoms with van der Waals surface area (Å²) in [4.78, 5) is 4.33. The molecule has 0 saturated carbocycles. The van der Waals surface area contributed by atoms with E-state index in [0.29, 0.717) is 0 Å². The standard InChI is InChI=1S/C13H13BrClN/c1-2-3-4-9-5-6-12-10(7-9)13(15)11(14)8-16-12/h5-8H,2-4H2,1H3. The van der Waals surface area contributed by atoms with Crippen molar-refractivity contribution < 1.29 is 0 Å². The first-order chi connectivity index (χ1) is 7.72. The van der Waals surface area contributed by atoms with Gasteiger partial charge in [0.1, 0.15) is 0 Å². The number of halogens is 2. The molecule has 0 saturated heterocycles. The number of fused-ring (bicyclic) bond motifs is 1. The summed E-state index contributed by atoms with van der Waals surface area (Å²) in [7, 11) is 0. The highest BCUT2D eigenvalue weighted by atomic mass is 79.9. The van der Waals surface area contributed by atoms with Crippen molar-refractivity contribution in [2.24, 2.45) is 0 Å². The highest BCUT2D eigenvalue weighted by Crippen LogP contribution is 2.30. The predicted octanol–water partition coefficient (Wildman–Crippen LogP) is 4.99. The van der Waals surface area contributed by atoms with Crippen molar-refractivity contribution in [3.63, 3.8) is 0 Å². The van der Waals surface area contributed by atoms with Crippen molar-refractivity contribution in [1.82, 2.24) is 4.98 Å². The summed E-state index contributed by atoms with van der Waals surface area (Å²) in [5.41, 5.74) is 2.28. The van der Waals surface area contributed by atoms with E-state index in [1.165, 1.54) is 18.4 Å². The monoisotopic (exact) mass is 297 g/mol. The molecule has 3 heteroatoms. The molecule has 16 heavy (non-hydrogen) atoms. The van der Waals surface area contributed by atoms with Crippen molar-refractivity contribution in [3.05, 3.63) is 39.5 Å². The molecule has 0 N–H and O–H groups in total. The third-order valence-corrected chi connectivity index (χ3v) is 3.88. The minimum Gasteiger partial charge on any atom is -0.255 e. The number of unbranched alkanes of at least 4 members (excludes halogenated alkanes) is 1. The maximum Gasteiger partial charge on any atom is 0.0718 e. The van der Waals surface area contributed by atoms with Crippen LogP contribution in [0.5, 0.6) is 0 Å². The van der Waals surface area contributed by atoms with Gasteiger partial charge in [-0.05, 0) is 46.5 Å². The van der Waals surface area contributed by atoms with E-state index in [-0.39, 0.29) is 0 Å². The molecule has 0 aliphatic heterocycles. The molecule has 0 fully saturated rings. The zero-order valence-electron chi connectivity index (χ0n) is 9.13. The molecule has 0 unspecified atom stereocenters. The molecule has 1 aromatic carbocycles. The number of pyridine rings is 1. The van der Waals surface area contributed by atoms with Crippen LogP contribution >= 0.6 is 27.5 Å².